The van der Waals surface area contributed by atoms with Gasteiger partial charge in [0, 0.05) is 11.4 Å². The van der Waals surface area contributed by atoms with Crippen LogP contribution in [0, 0.1) is 0 Å². The van der Waals surface area contributed by atoms with Crippen LogP contribution in [-0.4, -0.2) is 40.1 Å². The number of carbonyl (C=O) groups is 1. The van der Waals surface area contributed by atoms with Crippen molar-refractivity contribution in [3.8, 4) is 11.5 Å². The van der Waals surface area contributed by atoms with Crippen LogP contribution >= 0.6 is 11.8 Å². The van der Waals surface area contributed by atoms with Crippen LogP contribution in [-0.2, 0) is 4.79 Å². The van der Waals surface area contributed by atoms with E-state index in [1.807, 2.05) is 62.4 Å². The van der Waals surface area contributed by atoms with Crippen LogP contribution in [0.3, 0.4) is 0 Å². The van der Waals surface area contributed by atoms with Gasteiger partial charge in [-0.25, -0.2) is 4.68 Å². The minimum Gasteiger partial charge on any atom is -0.495 e. The fourth-order valence-corrected chi connectivity index (χ4v) is 4.89. The molecule has 4 rings (SSSR count). The molecular weight excluding hydrogens is 462 g/mol. The molecule has 2 N–H and O–H groups in total. The standard InChI is InChI=1S/C26H31N5O3S/c1-5-7-15-35-26-29-25-27-17(3)22(24(32)28-20-13-8-9-14-21(20)33-4)23(31(25)30-26)18-11-10-12-19(16-18)34-6-2/h8-14,16,23H,5-7,15H2,1-4H3,(H,28,32)(H,27,29,30). The molecule has 35 heavy (non-hydrogen) atoms. The van der Waals surface area contributed by atoms with Gasteiger partial charge in [-0.2, -0.15) is 4.98 Å². The number of carbonyl (C=O) groups excluding carboxylic acids is 1. The highest BCUT2D eigenvalue weighted by Crippen LogP contribution is 2.38. The van der Waals surface area contributed by atoms with Gasteiger partial charge in [0.05, 0.1) is 25.0 Å². The summed E-state index contributed by atoms with van der Waals surface area (Å²) >= 11 is 1.62. The Bertz CT molecular complexity index is 1220. The highest BCUT2D eigenvalue weighted by atomic mass is 32.2. The Morgan fingerprint density at radius 1 is 1.20 bits per heavy atom. The van der Waals surface area contributed by atoms with Gasteiger partial charge < -0.3 is 20.1 Å². The van der Waals surface area contributed by atoms with E-state index in [9.17, 15) is 4.79 Å². The molecule has 1 aliphatic heterocycles. The zero-order valence-corrected chi connectivity index (χ0v) is 21.3. The maximum absolute atomic E-state index is 13.7. The molecule has 0 saturated heterocycles. The monoisotopic (exact) mass is 493 g/mol. The average molecular weight is 494 g/mol. The number of aromatic nitrogens is 3. The minimum atomic E-state index is -0.477. The van der Waals surface area contributed by atoms with E-state index >= 15 is 0 Å². The number of thioether (sulfide) groups is 1. The molecule has 184 valence electrons. The smallest absolute Gasteiger partial charge is 0.255 e. The number of para-hydroxylation sites is 2. The first-order valence-electron chi connectivity index (χ1n) is 11.8. The number of nitrogens with zero attached hydrogens (tertiary/aromatic N) is 3. The van der Waals surface area contributed by atoms with Crippen molar-refractivity contribution in [3.63, 3.8) is 0 Å². The second kappa shape index (κ2) is 11.3. The number of allylic oxidation sites excluding steroid dienone is 1. The van der Waals surface area contributed by atoms with Gasteiger partial charge in [0.2, 0.25) is 11.1 Å². The quantitative estimate of drug-likeness (QED) is 0.284. The summed E-state index contributed by atoms with van der Waals surface area (Å²) in [6.07, 6.45) is 2.20. The number of methoxy groups -OCH3 is 1. The number of fused-ring (bicyclic) bond motifs is 1. The highest BCUT2D eigenvalue weighted by Gasteiger charge is 2.35. The first-order chi connectivity index (χ1) is 17.0. The van der Waals surface area contributed by atoms with Gasteiger partial charge in [-0.1, -0.05) is 49.4 Å². The van der Waals surface area contributed by atoms with E-state index in [-0.39, 0.29) is 5.91 Å². The third-order valence-electron chi connectivity index (χ3n) is 5.65. The van der Waals surface area contributed by atoms with Crippen LogP contribution in [0.1, 0.15) is 45.2 Å². The predicted molar refractivity (Wildman–Crippen MR) is 139 cm³/mol. The molecule has 1 amide bonds. The molecule has 0 bridgehead atoms. The van der Waals surface area contributed by atoms with Gasteiger partial charge in [0.1, 0.15) is 17.5 Å². The van der Waals surface area contributed by atoms with Crippen LogP contribution in [0.2, 0.25) is 0 Å². The van der Waals surface area contributed by atoms with Crippen molar-refractivity contribution in [2.75, 3.05) is 30.1 Å². The molecule has 1 aromatic heterocycles. The number of anilines is 2. The van der Waals surface area contributed by atoms with Crippen LogP contribution in [0.15, 0.2) is 65.0 Å². The summed E-state index contributed by atoms with van der Waals surface area (Å²) in [5, 5.41) is 11.8. The van der Waals surface area contributed by atoms with Crippen molar-refractivity contribution >= 4 is 29.3 Å². The molecule has 0 spiro atoms. The van der Waals surface area contributed by atoms with Gasteiger partial charge in [-0.05, 0) is 50.1 Å². The first-order valence-corrected chi connectivity index (χ1v) is 12.8. The summed E-state index contributed by atoms with van der Waals surface area (Å²) in [4.78, 5) is 18.4. The molecule has 9 heteroatoms. The number of hydrogen-bond donors (Lipinski definition) is 2. The molecule has 2 heterocycles. The average Bonchev–Trinajstić information content (AvgIpc) is 3.26. The Kier molecular flexibility index (Phi) is 7.97. The summed E-state index contributed by atoms with van der Waals surface area (Å²) in [7, 11) is 1.58. The topological polar surface area (TPSA) is 90.3 Å². The summed E-state index contributed by atoms with van der Waals surface area (Å²) in [6, 6.07) is 14.7. The Morgan fingerprint density at radius 2 is 2.03 bits per heavy atom. The predicted octanol–water partition coefficient (Wildman–Crippen LogP) is 5.51. The van der Waals surface area contributed by atoms with E-state index in [4.69, 9.17) is 19.6 Å². The number of ether oxygens (including phenoxy) is 2. The zero-order chi connectivity index (χ0) is 24.8. The number of nitrogens with one attached hydrogen (secondary N) is 2. The number of benzene rings is 2. The zero-order valence-electron chi connectivity index (χ0n) is 20.5. The summed E-state index contributed by atoms with van der Waals surface area (Å²) in [6.45, 7) is 6.55. The van der Waals surface area contributed by atoms with E-state index < -0.39 is 6.04 Å². The Morgan fingerprint density at radius 3 is 2.80 bits per heavy atom. The maximum Gasteiger partial charge on any atom is 0.255 e. The van der Waals surface area contributed by atoms with Gasteiger partial charge in [-0.15, -0.1) is 5.10 Å². The lowest BCUT2D eigenvalue weighted by Crippen LogP contribution is -2.31. The minimum absolute atomic E-state index is 0.243. The fraction of sp³-hybridized carbons (Fsp3) is 0.346. The molecule has 1 aliphatic rings. The van der Waals surface area contributed by atoms with Crippen molar-refractivity contribution in [2.45, 2.75) is 44.8 Å². The number of hydrogen-bond acceptors (Lipinski definition) is 7. The maximum atomic E-state index is 13.7. The van der Waals surface area contributed by atoms with Gasteiger partial charge in [-0.3, -0.25) is 4.79 Å². The normalized spacial score (nSPS) is 14.8. The van der Waals surface area contributed by atoms with Crippen LogP contribution in [0.25, 0.3) is 0 Å². The molecule has 0 aliphatic carbocycles. The molecule has 1 unspecified atom stereocenters. The highest BCUT2D eigenvalue weighted by molar-refractivity contribution is 7.99. The number of amides is 1. The summed E-state index contributed by atoms with van der Waals surface area (Å²) < 4.78 is 13.0. The molecule has 8 nitrogen and oxygen atoms in total. The van der Waals surface area contributed by atoms with Crippen molar-refractivity contribution < 1.29 is 14.3 Å². The fourth-order valence-electron chi connectivity index (χ4n) is 3.98. The second-order valence-corrected chi connectivity index (χ2v) is 9.15. The lowest BCUT2D eigenvalue weighted by atomic mass is 9.94. The van der Waals surface area contributed by atoms with Gasteiger partial charge in [0.25, 0.3) is 5.91 Å². The largest absolute Gasteiger partial charge is 0.495 e. The van der Waals surface area contributed by atoms with Crippen molar-refractivity contribution in [1.29, 1.82) is 0 Å². The van der Waals surface area contributed by atoms with E-state index in [1.165, 1.54) is 0 Å². The van der Waals surface area contributed by atoms with E-state index in [0.717, 1.165) is 29.9 Å². The van der Waals surface area contributed by atoms with Crippen LogP contribution < -0.4 is 20.1 Å². The molecule has 3 aromatic rings. The Hall–Kier alpha value is -3.46. The van der Waals surface area contributed by atoms with Crippen molar-refractivity contribution in [3.05, 3.63) is 65.4 Å². The lowest BCUT2D eigenvalue weighted by Gasteiger charge is -2.29. The third kappa shape index (κ3) is 5.45. The second-order valence-electron chi connectivity index (χ2n) is 8.09. The molecule has 0 radical (unpaired) electrons. The SMILES string of the molecule is CCCCSc1nc2n(n1)C(c1cccc(OCC)c1)C(C(=O)Nc1ccccc1OC)=C(C)N2. The summed E-state index contributed by atoms with van der Waals surface area (Å²) in [5.41, 5.74) is 2.75. The Balaban J connectivity index is 1.75. The molecule has 0 saturated carbocycles. The van der Waals surface area contributed by atoms with Crippen LogP contribution in [0.5, 0.6) is 11.5 Å². The summed E-state index contributed by atoms with van der Waals surface area (Å²) in [5.74, 6) is 2.64. The van der Waals surface area contributed by atoms with Crippen molar-refractivity contribution in [1.82, 2.24) is 14.8 Å². The third-order valence-corrected chi connectivity index (χ3v) is 6.57. The van der Waals surface area contributed by atoms with E-state index in [2.05, 4.69) is 17.6 Å². The number of rotatable bonds is 10. The van der Waals surface area contributed by atoms with Crippen LogP contribution in [0.4, 0.5) is 11.6 Å². The first kappa shape index (κ1) is 24.7. The molecular formula is C26H31N5O3S. The van der Waals surface area contributed by atoms with Crippen molar-refractivity contribution in [2.24, 2.45) is 0 Å². The molecule has 2 aromatic carbocycles. The van der Waals surface area contributed by atoms with E-state index in [0.29, 0.717) is 40.4 Å². The Labute approximate surface area is 210 Å². The van der Waals surface area contributed by atoms with E-state index in [1.54, 1.807) is 23.6 Å². The number of unbranched alkanes of at least 4 members (excludes halogenated alkanes) is 1. The van der Waals surface area contributed by atoms with Gasteiger partial charge >= 0.3 is 0 Å². The van der Waals surface area contributed by atoms with Gasteiger partial charge in [0.15, 0.2) is 0 Å². The molecule has 0 fully saturated rings. The molecule has 1 atom stereocenters. The lowest BCUT2D eigenvalue weighted by molar-refractivity contribution is -0.113.